The Morgan fingerprint density at radius 2 is 2.11 bits per heavy atom. The van der Waals surface area contributed by atoms with Crippen LogP contribution in [0, 0.1) is 0 Å². The summed E-state index contributed by atoms with van der Waals surface area (Å²) in [5, 5.41) is 0. The van der Waals surface area contributed by atoms with Crippen molar-refractivity contribution in [3.05, 3.63) is 12.8 Å². The first-order chi connectivity index (χ1) is 4.16. The van der Waals surface area contributed by atoms with Crippen LogP contribution in [0.5, 0.6) is 0 Å². The van der Waals surface area contributed by atoms with Crippen LogP contribution in [-0.4, -0.2) is 11.7 Å². The van der Waals surface area contributed by atoms with E-state index in [4.69, 9.17) is 5.73 Å². The van der Waals surface area contributed by atoms with Crippen molar-refractivity contribution in [2.75, 3.05) is 0 Å². The minimum Gasteiger partial charge on any atom is -0.368 e. The summed E-state index contributed by atoms with van der Waals surface area (Å²) in [6.07, 6.45) is 1.36. The number of guanidine groups is 1. The molecule has 0 aliphatic carbocycles. The van der Waals surface area contributed by atoms with Gasteiger partial charge in [-0.05, 0) is 13.8 Å². The topological polar surface area (TPSA) is 50.7 Å². The van der Waals surface area contributed by atoms with E-state index in [1.165, 1.54) is 6.20 Å². The van der Waals surface area contributed by atoms with Gasteiger partial charge in [0.15, 0.2) is 0 Å². The second-order valence-electron chi connectivity index (χ2n) is 1.73. The molecule has 9 heavy (non-hydrogen) atoms. The van der Waals surface area contributed by atoms with E-state index >= 15 is 0 Å². The second-order valence-corrected chi connectivity index (χ2v) is 1.73. The van der Waals surface area contributed by atoms with Gasteiger partial charge in [0.1, 0.15) is 0 Å². The lowest BCUT2D eigenvalue weighted by atomic mass is 10.5. The molecule has 0 saturated heterocycles. The quantitative estimate of drug-likeness (QED) is 0.411. The first-order valence-electron chi connectivity index (χ1n) is 2.63. The molecule has 0 saturated carbocycles. The lowest BCUT2D eigenvalue weighted by Crippen LogP contribution is -2.08. The summed E-state index contributed by atoms with van der Waals surface area (Å²) in [6.45, 7) is 7.08. The van der Waals surface area contributed by atoms with Gasteiger partial charge < -0.3 is 5.73 Å². The summed E-state index contributed by atoms with van der Waals surface area (Å²) < 4.78 is 0. The zero-order valence-electron chi connectivity index (χ0n) is 5.76. The van der Waals surface area contributed by atoms with Gasteiger partial charge in [0, 0.05) is 11.9 Å². The van der Waals surface area contributed by atoms with Gasteiger partial charge in [-0.25, -0.2) is 9.98 Å². The van der Waals surface area contributed by atoms with Crippen molar-refractivity contribution in [3.63, 3.8) is 0 Å². The van der Waals surface area contributed by atoms with Gasteiger partial charge in [-0.3, -0.25) is 0 Å². The van der Waals surface area contributed by atoms with E-state index in [0.717, 1.165) is 5.71 Å². The zero-order valence-corrected chi connectivity index (χ0v) is 5.76. The fourth-order valence-electron chi connectivity index (χ4n) is 0.351. The van der Waals surface area contributed by atoms with Gasteiger partial charge in [-0.1, -0.05) is 6.58 Å². The van der Waals surface area contributed by atoms with Crippen molar-refractivity contribution < 1.29 is 0 Å². The molecule has 0 aromatic rings. The SMILES string of the molecule is C=CN=C(N)N=C(C)C. The van der Waals surface area contributed by atoms with E-state index in [1.807, 2.05) is 13.8 Å². The Kier molecular flexibility index (Phi) is 3.35. The Hall–Kier alpha value is -1.12. The molecular weight excluding hydrogens is 114 g/mol. The number of hydrogen-bond donors (Lipinski definition) is 1. The van der Waals surface area contributed by atoms with Crippen molar-refractivity contribution >= 4 is 11.7 Å². The number of nitrogens with zero attached hydrogens (tertiary/aromatic N) is 2. The Bertz CT molecular complexity index is 152. The molecule has 0 aliphatic rings. The van der Waals surface area contributed by atoms with E-state index in [2.05, 4.69) is 16.6 Å². The van der Waals surface area contributed by atoms with Gasteiger partial charge in [0.05, 0.1) is 0 Å². The van der Waals surface area contributed by atoms with Crippen molar-refractivity contribution in [2.24, 2.45) is 15.7 Å². The normalized spacial score (nSPS) is 10.7. The highest BCUT2D eigenvalue weighted by molar-refractivity contribution is 5.94. The smallest absolute Gasteiger partial charge is 0.219 e. The third kappa shape index (κ3) is 4.74. The molecule has 0 spiro atoms. The van der Waals surface area contributed by atoms with Crippen LogP contribution in [-0.2, 0) is 0 Å². The molecular formula is C6H11N3. The third-order valence-corrected chi connectivity index (χ3v) is 0.562. The molecule has 3 heteroatoms. The van der Waals surface area contributed by atoms with Crippen LogP contribution in [0.2, 0.25) is 0 Å². The number of hydrogen-bond acceptors (Lipinski definition) is 1. The molecule has 0 unspecified atom stereocenters. The minimum absolute atomic E-state index is 0.255. The molecule has 0 aromatic carbocycles. The molecule has 0 rings (SSSR count). The standard InChI is InChI=1S/C6H11N3/c1-4-8-6(7)9-5(2)3/h4H,1H2,2-3H3,(H2,7,8). The molecule has 2 N–H and O–H groups in total. The maximum absolute atomic E-state index is 5.28. The first-order valence-corrected chi connectivity index (χ1v) is 2.63. The third-order valence-electron chi connectivity index (χ3n) is 0.562. The summed E-state index contributed by atoms with van der Waals surface area (Å²) in [6, 6.07) is 0. The fraction of sp³-hybridized carbons (Fsp3) is 0.333. The van der Waals surface area contributed by atoms with Crippen LogP contribution in [0.1, 0.15) is 13.8 Å². The lowest BCUT2D eigenvalue weighted by molar-refractivity contribution is 1.41. The summed E-state index contributed by atoms with van der Waals surface area (Å²) in [5.74, 6) is 0.255. The number of rotatable bonds is 1. The van der Waals surface area contributed by atoms with E-state index in [0.29, 0.717) is 0 Å². The average Bonchev–Trinajstić information content (AvgIpc) is 1.63. The molecule has 50 valence electrons. The van der Waals surface area contributed by atoms with Gasteiger partial charge >= 0.3 is 0 Å². The van der Waals surface area contributed by atoms with Crippen LogP contribution < -0.4 is 5.73 Å². The molecule has 0 aromatic heterocycles. The average molecular weight is 125 g/mol. The summed E-state index contributed by atoms with van der Waals surface area (Å²) in [4.78, 5) is 7.48. The molecule has 0 bridgehead atoms. The molecule has 0 aliphatic heterocycles. The van der Waals surface area contributed by atoms with E-state index < -0.39 is 0 Å². The molecule has 3 nitrogen and oxygen atoms in total. The Morgan fingerprint density at radius 1 is 1.56 bits per heavy atom. The summed E-state index contributed by atoms with van der Waals surface area (Å²) >= 11 is 0. The van der Waals surface area contributed by atoms with Crippen molar-refractivity contribution in [1.29, 1.82) is 0 Å². The monoisotopic (exact) mass is 125 g/mol. The highest BCUT2D eigenvalue weighted by atomic mass is 15.0. The predicted molar refractivity (Wildman–Crippen MR) is 40.6 cm³/mol. The Balaban J connectivity index is 4.05. The van der Waals surface area contributed by atoms with E-state index in [1.54, 1.807) is 0 Å². The maximum atomic E-state index is 5.28. The van der Waals surface area contributed by atoms with Crippen molar-refractivity contribution in [1.82, 2.24) is 0 Å². The Labute approximate surface area is 55.0 Å². The second kappa shape index (κ2) is 3.83. The molecule has 0 radical (unpaired) electrons. The van der Waals surface area contributed by atoms with Gasteiger partial charge in [-0.2, -0.15) is 0 Å². The number of aliphatic imine (C=N–C) groups is 2. The van der Waals surface area contributed by atoms with Gasteiger partial charge in [-0.15, -0.1) is 0 Å². The molecule has 0 atom stereocenters. The van der Waals surface area contributed by atoms with Crippen LogP contribution in [0.3, 0.4) is 0 Å². The molecule has 0 amide bonds. The minimum atomic E-state index is 0.255. The largest absolute Gasteiger partial charge is 0.368 e. The van der Waals surface area contributed by atoms with E-state index in [9.17, 15) is 0 Å². The maximum Gasteiger partial charge on any atom is 0.219 e. The van der Waals surface area contributed by atoms with Crippen LogP contribution in [0.25, 0.3) is 0 Å². The molecule has 0 heterocycles. The van der Waals surface area contributed by atoms with Gasteiger partial charge in [0.2, 0.25) is 5.96 Å². The van der Waals surface area contributed by atoms with Crippen molar-refractivity contribution in [2.45, 2.75) is 13.8 Å². The highest BCUT2D eigenvalue weighted by Crippen LogP contribution is 1.76. The molecule has 0 fully saturated rings. The fourth-order valence-corrected chi connectivity index (χ4v) is 0.351. The predicted octanol–water partition coefficient (Wildman–Crippen LogP) is 0.925. The van der Waals surface area contributed by atoms with Crippen LogP contribution in [0.4, 0.5) is 0 Å². The van der Waals surface area contributed by atoms with E-state index in [-0.39, 0.29) is 5.96 Å². The first kappa shape index (κ1) is 7.88. The van der Waals surface area contributed by atoms with Crippen molar-refractivity contribution in [3.8, 4) is 0 Å². The highest BCUT2D eigenvalue weighted by Gasteiger charge is 1.81. The summed E-state index contributed by atoms with van der Waals surface area (Å²) in [5.41, 5.74) is 6.16. The van der Waals surface area contributed by atoms with Gasteiger partial charge in [0.25, 0.3) is 0 Å². The Morgan fingerprint density at radius 3 is 2.44 bits per heavy atom. The van der Waals surface area contributed by atoms with Crippen LogP contribution in [0.15, 0.2) is 22.8 Å². The van der Waals surface area contributed by atoms with Crippen LogP contribution >= 0.6 is 0 Å². The lowest BCUT2D eigenvalue weighted by Gasteiger charge is -1.88. The number of nitrogens with two attached hydrogens (primary N) is 1. The summed E-state index contributed by atoms with van der Waals surface area (Å²) in [7, 11) is 0. The zero-order chi connectivity index (χ0) is 7.28.